The smallest absolute Gasteiger partial charge is 0.294 e. The van der Waals surface area contributed by atoms with Gasteiger partial charge in [-0.3, -0.25) is 19.3 Å². The lowest BCUT2D eigenvalue weighted by molar-refractivity contribution is -0.127. The van der Waals surface area contributed by atoms with Crippen LogP contribution in [0.5, 0.6) is 5.75 Å². The van der Waals surface area contributed by atoms with E-state index in [1.165, 1.54) is 37.5 Å². The number of anilines is 1. The Labute approximate surface area is 159 Å². The average molecular weight is 386 g/mol. The van der Waals surface area contributed by atoms with Crippen LogP contribution in [0.3, 0.4) is 0 Å². The molecule has 0 radical (unpaired) electrons. The van der Waals surface area contributed by atoms with Crippen molar-refractivity contribution in [1.82, 2.24) is 4.90 Å². The van der Waals surface area contributed by atoms with E-state index in [0.717, 1.165) is 16.7 Å². The Morgan fingerprint density at radius 3 is 2.44 bits per heavy atom. The highest BCUT2D eigenvalue weighted by molar-refractivity contribution is 8.18. The number of methoxy groups -OCH3 is 1. The molecule has 27 heavy (non-hydrogen) atoms. The van der Waals surface area contributed by atoms with Crippen molar-refractivity contribution in [1.29, 1.82) is 0 Å². The number of benzene rings is 2. The molecule has 0 unspecified atom stereocenters. The van der Waals surface area contributed by atoms with Crippen LogP contribution in [0.4, 0.5) is 14.9 Å². The molecule has 0 spiro atoms. The van der Waals surface area contributed by atoms with Crippen LogP contribution in [0.2, 0.25) is 0 Å². The van der Waals surface area contributed by atoms with Crippen molar-refractivity contribution >= 4 is 40.6 Å². The van der Waals surface area contributed by atoms with Crippen molar-refractivity contribution < 1.29 is 23.5 Å². The fraction of sp³-hybridized carbons (Fsp3) is 0.105. The van der Waals surface area contributed by atoms with E-state index in [0.29, 0.717) is 17.0 Å². The second-order valence-electron chi connectivity index (χ2n) is 5.60. The molecule has 8 heteroatoms. The van der Waals surface area contributed by atoms with Crippen LogP contribution in [0, 0.1) is 5.82 Å². The molecule has 1 saturated heterocycles. The number of halogens is 1. The zero-order chi connectivity index (χ0) is 19.4. The van der Waals surface area contributed by atoms with Crippen molar-refractivity contribution in [3.63, 3.8) is 0 Å². The van der Waals surface area contributed by atoms with E-state index in [1.54, 1.807) is 24.3 Å². The molecule has 1 aliphatic rings. The molecule has 6 nitrogen and oxygen atoms in total. The standard InChI is InChI=1S/C19H15FN2O4S/c1-26-15-8-6-14(7-9-15)21-17(23)11-22-18(24)16(27-19(22)25)10-12-2-4-13(20)5-3-12/h2-10H,11H2,1H3,(H,21,23)/b16-10-. The lowest BCUT2D eigenvalue weighted by Gasteiger charge is -2.12. The number of rotatable bonds is 5. The molecule has 0 aliphatic carbocycles. The quantitative estimate of drug-likeness (QED) is 0.796. The first-order valence-corrected chi connectivity index (χ1v) is 8.73. The number of amides is 3. The lowest BCUT2D eigenvalue weighted by Crippen LogP contribution is -2.36. The first-order chi connectivity index (χ1) is 13.0. The maximum atomic E-state index is 13.0. The van der Waals surface area contributed by atoms with Crippen LogP contribution < -0.4 is 10.1 Å². The van der Waals surface area contributed by atoms with E-state index in [2.05, 4.69) is 5.32 Å². The third-order valence-corrected chi connectivity index (χ3v) is 4.62. The number of nitrogens with zero attached hydrogens (tertiary/aromatic N) is 1. The van der Waals surface area contributed by atoms with Gasteiger partial charge in [-0.25, -0.2) is 4.39 Å². The summed E-state index contributed by atoms with van der Waals surface area (Å²) in [7, 11) is 1.53. The van der Waals surface area contributed by atoms with Crippen LogP contribution in [0.15, 0.2) is 53.4 Å². The summed E-state index contributed by atoms with van der Waals surface area (Å²) in [6, 6.07) is 12.2. The summed E-state index contributed by atoms with van der Waals surface area (Å²) >= 11 is 0.742. The maximum absolute atomic E-state index is 13.0. The molecule has 2 aromatic carbocycles. The third kappa shape index (κ3) is 4.53. The molecule has 0 bridgehead atoms. The lowest BCUT2D eigenvalue weighted by atomic mass is 10.2. The third-order valence-electron chi connectivity index (χ3n) is 3.72. The molecule has 3 amide bonds. The van der Waals surface area contributed by atoms with Gasteiger partial charge in [0, 0.05) is 5.69 Å². The van der Waals surface area contributed by atoms with Gasteiger partial charge in [-0.15, -0.1) is 0 Å². The highest BCUT2D eigenvalue weighted by Gasteiger charge is 2.36. The van der Waals surface area contributed by atoms with Crippen LogP contribution in [-0.4, -0.2) is 35.6 Å². The second-order valence-corrected chi connectivity index (χ2v) is 6.59. The first kappa shape index (κ1) is 18.7. The number of nitrogens with one attached hydrogen (secondary N) is 1. The first-order valence-electron chi connectivity index (χ1n) is 7.91. The van der Waals surface area contributed by atoms with Gasteiger partial charge in [0.15, 0.2) is 0 Å². The summed E-state index contributed by atoms with van der Waals surface area (Å²) in [6.45, 7) is -0.391. The predicted molar refractivity (Wildman–Crippen MR) is 101 cm³/mol. The Kier molecular flexibility index (Phi) is 5.56. The molecule has 1 heterocycles. The van der Waals surface area contributed by atoms with Gasteiger partial charge in [-0.05, 0) is 59.8 Å². The monoisotopic (exact) mass is 386 g/mol. The van der Waals surface area contributed by atoms with Gasteiger partial charge >= 0.3 is 0 Å². The minimum absolute atomic E-state index is 0.184. The summed E-state index contributed by atoms with van der Waals surface area (Å²) in [4.78, 5) is 37.7. The predicted octanol–water partition coefficient (Wildman–Crippen LogP) is 3.51. The zero-order valence-corrected chi connectivity index (χ0v) is 15.1. The molecule has 1 N–H and O–H groups in total. The van der Waals surface area contributed by atoms with Crippen molar-refractivity contribution in [3.05, 3.63) is 64.8 Å². The van der Waals surface area contributed by atoms with Crippen molar-refractivity contribution in [3.8, 4) is 5.75 Å². The molecule has 1 fully saturated rings. The Balaban J connectivity index is 1.65. The van der Waals surface area contributed by atoms with E-state index in [1.807, 2.05) is 0 Å². The molecular weight excluding hydrogens is 371 g/mol. The van der Waals surface area contributed by atoms with E-state index < -0.39 is 29.4 Å². The molecule has 0 aromatic heterocycles. The number of carbonyl (C=O) groups is 3. The second kappa shape index (κ2) is 8.05. The molecular formula is C19H15FN2O4S. The minimum atomic E-state index is -0.556. The van der Waals surface area contributed by atoms with Crippen LogP contribution >= 0.6 is 11.8 Å². The van der Waals surface area contributed by atoms with Gasteiger partial charge in [0.05, 0.1) is 12.0 Å². The number of thioether (sulfide) groups is 1. The Bertz CT molecular complexity index is 910. The van der Waals surface area contributed by atoms with Gasteiger partial charge in [-0.1, -0.05) is 12.1 Å². The van der Waals surface area contributed by atoms with Gasteiger partial charge in [0.25, 0.3) is 11.1 Å². The summed E-state index contributed by atoms with van der Waals surface area (Å²) in [5.41, 5.74) is 1.11. The summed E-state index contributed by atoms with van der Waals surface area (Å²) in [5.74, 6) is -0.801. The largest absolute Gasteiger partial charge is 0.497 e. The summed E-state index contributed by atoms with van der Waals surface area (Å²) < 4.78 is 18.0. The number of ether oxygens (including phenoxy) is 1. The Morgan fingerprint density at radius 2 is 1.81 bits per heavy atom. The fourth-order valence-corrected chi connectivity index (χ4v) is 3.20. The molecule has 2 aromatic rings. The maximum Gasteiger partial charge on any atom is 0.294 e. The van der Waals surface area contributed by atoms with Gasteiger partial charge in [-0.2, -0.15) is 0 Å². The van der Waals surface area contributed by atoms with Gasteiger partial charge < -0.3 is 10.1 Å². The Hall–Kier alpha value is -3.13. The van der Waals surface area contributed by atoms with Crippen LogP contribution in [0.1, 0.15) is 5.56 Å². The van der Waals surface area contributed by atoms with Gasteiger partial charge in [0.1, 0.15) is 18.1 Å². The van der Waals surface area contributed by atoms with Crippen LogP contribution in [0.25, 0.3) is 6.08 Å². The molecule has 0 saturated carbocycles. The SMILES string of the molecule is COc1ccc(NC(=O)CN2C(=O)S/C(=C\c3ccc(F)cc3)C2=O)cc1. The Morgan fingerprint density at radius 1 is 1.15 bits per heavy atom. The van der Waals surface area contributed by atoms with Crippen molar-refractivity contribution in [2.45, 2.75) is 0 Å². The molecule has 3 rings (SSSR count). The molecule has 1 aliphatic heterocycles. The molecule has 138 valence electrons. The van der Waals surface area contributed by atoms with Crippen LogP contribution in [-0.2, 0) is 9.59 Å². The number of hydrogen-bond donors (Lipinski definition) is 1. The van der Waals surface area contributed by atoms with E-state index in [-0.39, 0.29) is 4.91 Å². The minimum Gasteiger partial charge on any atom is -0.497 e. The topological polar surface area (TPSA) is 75.7 Å². The van der Waals surface area contributed by atoms with E-state index in [4.69, 9.17) is 4.74 Å². The molecule has 0 atom stereocenters. The van der Waals surface area contributed by atoms with E-state index >= 15 is 0 Å². The average Bonchev–Trinajstić information content (AvgIpc) is 2.91. The van der Waals surface area contributed by atoms with E-state index in [9.17, 15) is 18.8 Å². The normalized spacial score (nSPS) is 15.3. The summed E-state index contributed by atoms with van der Waals surface area (Å²) in [5, 5.41) is 2.09. The highest BCUT2D eigenvalue weighted by atomic mass is 32.2. The summed E-state index contributed by atoms with van der Waals surface area (Å²) in [6.07, 6.45) is 1.49. The van der Waals surface area contributed by atoms with Crippen molar-refractivity contribution in [2.75, 3.05) is 19.0 Å². The zero-order valence-electron chi connectivity index (χ0n) is 14.3. The number of hydrogen-bond acceptors (Lipinski definition) is 5. The van der Waals surface area contributed by atoms with Gasteiger partial charge in [0.2, 0.25) is 5.91 Å². The number of carbonyl (C=O) groups excluding carboxylic acids is 3. The van der Waals surface area contributed by atoms with Crippen molar-refractivity contribution in [2.24, 2.45) is 0 Å². The highest BCUT2D eigenvalue weighted by Crippen LogP contribution is 2.32. The number of imide groups is 1. The fourth-order valence-electron chi connectivity index (χ4n) is 2.37.